The highest BCUT2D eigenvalue weighted by Crippen LogP contribution is 2.24. The van der Waals surface area contributed by atoms with E-state index in [0.29, 0.717) is 16.9 Å². The summed E-state index contributed by atoms with van der Waals surface area (Å²) < 4.78 is 26.7. The van der Waals surface area contributed by atoms with Crippen molar-refractivity contribution in [3.05, 3.63) is 29.6 Å². The van der Waals surface area contributed by atoms with Gasteiger partial charge in [0, 0.05) is 5.92 Å². The molecule has 2 aromatic rings. The van der Waals surface area contributed by atoms with Crippen LogP contribution in [0.25, 0.3) is 11.0 Å². The van der Waals surface area contributed by atoms with Crippen molar-refractivity contribution in [1.82, 2.24) is 9.55 Å². The molecule has 0 aliphatic rings. The van der Waals surface area contributed by atoms with Crippen molar-refractivity contribution in [3.8, 4) is 0 Å². The van der Waals surface area contributed by atoms with E-state index in [-0.39, 0.29) is 11.5 Å². The molecular weight excluding hydrogens is 254 g/mol. The Bertz CT molecular complexity index is 620. The fourth-order valence-corrected chi connectivity index (χ4v) is 2.05. The first kappa shape index (κ1) is 13.5. The van der Waals surface area contributed by atoms with Gasteiger partial charge in [0.1, 0.15) is 5.82 Å². The van der Waals surface area contributed by atoms with Crippen molar-refractivity contribution >= 4 is 17.0 Å². The second kappa shape index (κ2) is 4.95. The second-order valence-corrected chi connectivity index (χ2v) is 4.64. The van der Waals surface area contributed by atoms with Gasteiger partial charge in [-0.1, -0.05) is 13.8 Å². The van der Waals surface area contributed by atoms with Gasteiger partial charge in [-0.05, 0) is 18.2 Å². The third kappa shape index (κ3) is 2.57. The molecule has 6 heteroatoms. The van der Waals surface area contributed by atoms with Crippen molar-refractivity contribution in [3.63, 3.8) is 0 Å². The van der Waals surface area contributed by atoms with Crippen LogP contribution in [0.3, 0.4) is 0 Å². The highest BCUT2D eigenvalue weighted by atomic mass is 19.3. The molecule has 102 valence electrons. The first-order valence-corrected chi connectivity index (χ1v) is 5.91. The standard InChI is InChI=1S/C13H14F2N2O2/c1-7(2)12-16-9-5-8(13(18)19)3-4-10(9)17(12)6-11(14)15/h3-5,7,11H,6H2,1-2H3,(H,18,19). The highest BCUT2D eigenvalue weighted by molar-refractivity contribution is 5.92. The summed E-state index contributed by atoms with van der Waals surface area (Å²) in [5.74, 6) is -0.534. The Morgan fingerprint density at radius 3 is 2.63 bits per heavy atom. The summed E-state index contributed by atoms with van der Waals surface area (Å²) in [6, 6.07) is 4.34. The molecule has 0 spiro atoms. The molecule has 0 radical (unpaired) electrons. The maximum atomic E-state index is 12.6. The normalized spacial score (nSPS) is 11.7. The topological polar surface area (TPSA) is 55.1 Å². The number of hydrogen-bond donors (Lipinski definition) is 1. The fourth-order valence-electron chi connectivity index (χ4n) is 2.05. The zero-order valence-electron chi connectivity index (χ0n) is 10.6. The van der Waals surface area contributed by atoms with Crippen molar-refractivity contribution in [2.24, 2.45) is 0 Å². The predicted molar refractivity (Wildman–Crippen MR) is 66.8 cm³/mol. The monoisotopic (exact) mass is 268 g/mol. The molecule has 4 nitrogen and oxygen atoms in total. The first-order valence-electron chi connectivity index (χ1n) is 5.91. The summed E-state index contributed by atoms with van der Waals surface area (Å²) in [6.45, 7) is 3.29. The number of aromatic carboxylic acids is 1. The molecule has 0 aliphatic carbocycles. The first-order chi connectivity index (χ1) is 8.90. The van der Waals surface area contributed by atoms with E-state index in [1.807, 2.05) is 13.8 Å². The number of imidazole rings is 1. The lowest BCUT2D eigenvalue weighted by atomic mass is 10.2. The number of nitrogens with zero attached hydrogens (tertiary/aromatic N) is 2. The molecule has 0 atom stereocenters. The number of halogens is 2. The number of aromatic nitrogens is 2. The molecule has 0 amide bonds. The molecular formula is C13H14F2N2O2. The summed E-state index contributed by atoms with van der Waals surface area (Å²) in [5, 5.41) is 8.92. The lowest BCUT2D eigenvalue weighted by Crippen LogP contribution is -2.11. The quantitative estimate of drug-likeness (QED) is 0.926. The van der Waals surface area contributed by atoms with Crippen LogP contribution in [0, 0.1) is 0 Å². The molecule has 0 unspecified atom stereocenters. The smallest absolute Gasteiger partial charge is 0.335 e. The van der Waals surface area contributed by atoms with Crippen LogP contribution in [0.2, 0.25) is 0 Å². The zero-order chi connectivity index (χ0) is 14.2. The van der Waals surface area contributed by atoms with Crippen LogP contribution in [-0.2, 0) is 6.54 Å². The van der Waals surface area contributed by atoms with E-state index in [2.05, 4.69) is 4.98 Å². The molecule has 0 saturated carbocycles. The van der Waals surface area contributed by atoms with Crippen molar-refractivity contribution < 1.29 is 18.7 Å². The second-order valence-electron chi connectivity index (χ2n) is 4.64. The number of benzene rings is 1. The van der Waals surface area contributed by atoms with Crippen LogP contribution < -0.4 is 0 Å². The largest absolute Gasteiger partial charge is 0.478 e. The molecule has 0 fully saturated rings. The predicted octanol–water partition coefficient (Wildman–Crippen LogP) is 3.12. The molecule has 19 heavy (non-hydrogen) atoms. The van der Waals surface area contributed by atoms with Crippen molar-refractivity contribution in [2.45, 2.75) is 32.7 Å². The van der Waals surface area contributed by atoms with Gasteiger partial charge in [-0.3, -0.25) is 0 Å². The minimum absolute atomic E-state index is 0.0144. The van der Waals surface area contributed by atoms with Gasteiger partial charge in [0.25, 0.3) is 6.43 Å². The molecule has 1 heterocycles. The molecule has 1 N–H and O–H groups in total. The number of alkyl halides is 2. The van der Waals surface area contributed by atoms with Crippen LogP contribution in [0.5, 0.6) is 0 Å². The van der Waals surface area contributed by atoms with Gasteiger partial charge in [-0.2, -0.15) is 0 Å². The molecule has 2 rings (SSSR count). The minimum atomic E-state index is -2.48. The molecule has 1 aromatic carbocycles. The summed E-state index contributed by atoms with van der Waals surface area (Å²) in [5.41, 5.74) is 1.07. The Labute approximate surface area is 108 Å². The Morgan fingerprint density at radius 1 is 1.42 bits per heavy atom. The van der Waals surface area contributed by atoms with Crippen LogP contribution >= 0.6 is 0 Å². The van der Waals surface area contributed by atoms with E-state index >= 15 is 0 Å². The Hall–Kier alpha value is -1.98. The van der Waals surface area contributed by atoms with E-state index in [4.69, 9.17) is 5.11 Å². The number of fused-ring (bicyclic) bond motifs is 1. The third-order valence-electron chi connectivity index (χ3n) is 2.86. The van der Waals surface area contributed by atoms with E-state index in [1.165, 1.54) is 22.8 Å². The third-order valence-corrected chi connectivity index (χ3v) is 2.86. The maximum absolute atomic E-state index is 12.6. The Kier molecular flexibility index (Phi) is 3.50. The van der Waals surface area contributed by atoms with Crippen LogP contribution in [0.4, 0.5) is 8.78 Å². The van der Waals surface area contributed by atoms with E-state index in [9.17, 15) is 13.6 Å². The molecule has 0 aliphatic heterocycles. The Balaban J connectivity index is 2.62. The summed E-state index contributed by atoms with van der Waals surface area (Å²) in [4.78, 5) is 15.2. The lowest BCUT2D eigenvalue weighted by molar-refractivity contribution is 0.0697. The number of rotatable bonds is 4. The number of carboxylic acid groups (broad SMARTS) is 1. The number of carboxylic acids is 1. The average molecular weight is 268 g/mol. The van der Waals surface area contributed by atoms with Gasteiger partial charge < -0.3 is 9.67 Å². The van der Waals surface area contributed by atoms with Crippen molar-refractivity contribution in [2.75, 3.05) is 0 Å². The van der Waals surface area contributed by atoms with Gasteiger partial charge in [-0.15, -0.1) is 0 Å². The molecule has 0 bridgehead atoms. The molecule has 0 saturated heterocycles. The highest BCUT2D eigenvalue weighted by Gasteiger charge is 2.17. The number of hydrogen-bond acceptors (Lipinski definition) is 2. The zero-order valence-corrected chi connectivity index (χ0v) is 10.6. The van der Waals surface area contributed by atoms with Gasteiger partial charge >= 0.3 is 5.97 Å². The van der Waals surface area contributed by atoms with E-state index in [0.717, 1.165) is 0 Å². The van der Waals surface area contributed by atoms with Crippen LogP contribution in [-0.4, -0.2) is 27.1 Å². The summed E-state index contributed by atoms with van der Waals surface area (Å²) in [7, 11) is 0. The maximum Gasteiger partial charge on any atom is 0.335 e. The van der Waals surface area contributed by atoms with Crippen LogP contribution in [0.15, 0.2) is 18.2 Å². The summed E-state index contributed by atoms with van der Waals surface area (Å²) >= 11 is 0. The van der Waals surface area contributed by atoms with Gasteiger partial charge in [0.05, 0.1) is 23.1 Å². The average Bonchev–Trinajstić information content (AvgIpc) is 2.66. The number of carbonyl (C=O) groups is 1. The minimum Gasteiger partial charge on any atom is -0.478 e. The lowest BCUT2D eigenvalue weighted by Gasteiger charge is -2.10. The van der Waals surface area contributed by atoms with Crippen molar-refractivity contribution in [1.29, 1.82) is 0 Å². The summed E-state index contributed by atoms with van der Waals surface area (Å²) in [6.07, 6.45) is -2.48. The Morgan fingerprint density at radius 2 is 2.11 bits per heavy atom. The molecule has 1 aromatic heterocycles. The van der Waals surface area contributed by atoms with E-state index in [1.54, 1.807) is 0 Å². The van der Waals surface area contributed by atoms with Gasteiger partial charge in [-0.25, -0.2) is 18.6 Å². The van der Waals surface area contributed by atoms with E-state index < -0.39 is 18.9 Å². The van der Waals surface area contributed by atoms with Crippen LogP contribution in [0.1, 0.15) is 35.9 Å². The van der Waals surface area contributed by atoms with Gasteiger partial charge in [0.2, 0.25) is 0 Å². The van der Waals surface area contributed by atoms with Gasteiger partial charge in [0.15, 0.2) is 0 Å². The SMILES string of the molecule is CC(C)c1nc2cc(C(=O)O)ccc2n1CC(F)F. The fraction of sp³-hybridized carbons (Fsp3) is 0.385.